The highest BCUT2D eigenvalue weighted by Crippen LogP contribution is 2.33. The maximum absolute atomic E-state index is 9.95. The third kappa shape index (κ3) is 4.31. The summed E-state index contributed by atoms with van der Waals surface area (Å²) in [6, 6.07) is 18.7. The Labute approximate surface area is 223 Å². The fourth-order valence-corrected chi connectivity index (χ4v) is 5.47. The molecular weight excluding hydrogens is 506 g/mol. The van der Waals surface area contributed by atoms with Gasteiger partial charge in [0.25, 0.3) is 6.01 Å². The summed E-state index contributed by atoms with van der Waals surface area (Å²) in [5, 5.41) is 13.8. The Morgan fingerprint density at radius 2 is 1.61 bits per heavy atom. The minimum atomic E-state index is -0.633. The van der Waals surface area contributed by atoms with E-state index >= 15 is 0 Å². The molecule has 2 fully saturated rings. The molecule has 0 saturated carbocycles. The van der Waals surface area contributed by atoms with Crippen LogP contribution in [0, 0.1) is 0 Å². The lowest BCUT2D eigenvalue weighted by Gasteiger charge is -2.15. The van der Waals surface area contributed by atoms with E-state index in [0.717, 1.165) is 47.6 Å². The Morgan fingerprint density at radius 1 is 0.895 bits per heavy atom. The number of ether oxygens (including phenoxy) is 3. The molecule has 0 bridgehead atoms. The molecule has 3 aliphatic rings. The second kappa shape index (κ2) is 9.67. The molecule has 4 atom stereocenters. The molecule has 0 unspecified atom stereocenters. The summed E-state index contributed by atoms with van der Waals surface area (Å²) in [5.74, 6) is 0.965. The molecule has 0 amide bonds. The molecule has 3 N–H and O–H groups in total. The molecular formula is C28H26ClN5O4. The summed E-state index contributed by atoms with van der Waals surface area (Å²) < 4.78 is 17.3. The number of hydrogen-bond acceptors (Lipinski definition) is 8. The van der Waals surface area contributed by atoms with E-state index in [-0.39, 0.29) is 24.9 Å². The van der Waals surface area contributed by atoms with Crippen molar-refractivity contribution < 1.29 is 19.3 Å². The first-order chi connectivity index (χ1) is 18.6. The summed E-state index contributed by atoms with van der Waals surface area (Å²) in [6.07, 6.45) is -0.606. The van der Waals surface area contributed by atoms with Gasteiger partial charge in [0.2, 0.25) is 0 Å². The lowest BCUT2D eigenvalue weighted by Crippen LogP contribution is -2.34. The normalized spacial score (nSPS) is 24.7. The van der Waals surface area contributed by atoms with E-state index < -0.39 is 6.10 Å². The van der Waals surface area contributed by atoms with Gasteiger partial charge in [-0.2, -0.15) is 4.98 Å². The van der Waals surface area contributed by atoms with E-state index in [1.807, 2.05) is 12.1 Å². The van der Waals surface area contributed by atoms with Crippen molar-refractivity contribution in [3.05, 3.63) is 65.2 Å². The third-order valence-corrected chi connectivity index (χ3v) is 7.49. The number of aromatic nitrogens is 3. The average molecular weight is 532 g/mol. The van der Waals surface area contributed by atoms with E-state index in [4.69, 9.17) is 30.8 Å². The number of imidazole rings is 1. The van der Waals surface area contributed by atoms with Gasteiger partial charge in [0, 0.05) is 24.2 Å². The second-order valence-electron chi connectivity index (χ2n) is 9.72. The van der Waals surface area contributed by atoms with Gasteiger partial charge in [0.15, 0.2) is 11.8 Å². The van der Waals surface area contributed by atoms with Gasteiger partial charge in [0.1, 0.15) is 24.1 Å². The molecule has 2 aromatic carbocycles. The number of aliphatic hydroxyl groups is 1. The van der Waals surface area contributed by atoms with Gasteiger partial charge in [-0.05, 0) is 23.6 Å². The Bertz CT molecular complexity index is 1500. The van der Waals surface area contributed by atoms with Gasteiger partial charge in [-0.3, -0.25) is 4.99 Å². The highest BCUT2D eigenvalue weighted by Gasteiger charge is 2.48. The van der Waals surface area contributed by atoms with Crippen LogP contribution in [0.15, 0.2) is 59.6 Å². The number of aliphatic imine (C=N–C) groups is 1. The second-order valence-corrected chi connectivity index (χ2v) is 10.1. The molecule has 0 radical (unpaired) electrons. The number of nitrogens with one attached hydrogen (secondary N) is 2. The number of pyridine rings is 1. The number of aromatic amines is 1. The van der Waals surface area contributed by atoms with E-state index in [0.29, 0.717) is 34.5 Å². The fraction of sp³-hybridized carbons (Fsp3) is 0.321. The molecule has 0 spiro atoms. The minimum absolute atomic E-state index is 0.243. The zero-order chi connectivity index (χ0) is 25.6. The smallest absolute Gasteiger partial charge is 0.296 e. The van der Waals surface area contributed by atoms with Crippen LogP contribution in [0.2, 0.25) is 5.02 Å². The topological polar surface area (TPSA) is 114 Å². The van der Waals surface area contributed by atoms with Crippen LogP contribution in [-0.4, -0.2) is 76.6 Å². The van der Waals surface area contributed by atoms with Crippen LogP contribution in [0.4, 0.5) is 0 Å². The lowest BCUT2D eigenvalue weighted by atomic mass is 10.0. The SMILES string of the molecule is O[C@@H]1CO[C@H]2[C@@H]1OC[C@H]2Oc1nc2nc(-c3ccc(-c4ccc(C5=NCCCN5)cc4)cc3)c(Cl)cc2[nH]1. The van der Waals surface area contributed by atoms with Crippen molar-refractivity contribution in [2.24, 2.45) is 4.99 Å². The average Bonchev–Trinajstić information content (AvgIpc) is 3.65. The van der Waals surface area contributed by atoms with Crippen molar-refractivity contribution in [3.63, 3.8) is 0 Å². The number of H-pyrrole nitrogens is 1. The molecule has 0 aliphatic carbocycles. The molecule has 5 heterocycles. The Morgan fingerprint density at radius 3 is 2.34 bits per heavy atom. The standard InChI is InChI=1S/C28H26ClN5O4/c29-19-12-20-27(34-28(32-20)38-22-14-37-24-21(35)13-36-25(22)24)33-23(19)17-6-2-15(3-7-17)16-4-8-18(9-5-16)26-30-10-1-11-31-26/h2-9,12,21-22,24-25,35H,1,10-11,13-14H2,(H,30,31)(H,32,33,34)/t21-,22-,24-,25-/m1/s1. The van der Waals surface area contributed by atoms with Crippen LogP contribution < -0.4 is 10.1 Å². The summed E-state index contributed by atoms with van der Waals surface area (Å²) in [7, 11) is 0. The first-order valence-corrected chi connectivity index (χ1v) is 13.1. The van der Waals surface area contributed by atoms with E-state index in [1.54, 1.807) is 6.07 Å². The van der Waals surface area contributed by atoms with Gasteiger partial charge < -0.3 is 29.6 Å². The van der Waals surface area contributed by atoms with Crippen molar-refractivity contribution in [1.82, 2.24) is 20.3 Å². The fourth-order valence-electron chi connectivity index (χ4n) is 5.21. The Hall–Kier alpha value is -3.50. The quantitative estimate of drug-likeness (QED) is 0.360. The molecule has 7 rings (SSSR count). The molecule has 194 valence electrons. The van der Waals surface area contributed by atoms with Crippen LogP contribution in [0.1, 0.15) is 12.0 Å². The maximum atomic E-state index is 9.95. The van der Waals surface area contributed by atoms with Crippen LogP contribution in [0.25, 0.3) is 33.5 Å². The molecule has 2 aromatic heterocycles. The van der Waals surface area contributed by atoms with Gasteiger partial charge in [-0.1, -0.05) is 60.1 Å². The molecule has 3 aliphatic heterocycles. The summed E-state index contributed by atoms with van der Waals surface area (Å²) >= 11 is 6.62. The minimum Gasteiger partial charge on any atom is -0.456 e. The lowest BCUT2D eigenvalue weighted by molar-refractivity contribution is 0.00706. The number of benzene rings is 2. The maximum Gasteiger partial charge on any atom is 0.296 e. The number of amidine groups is 1. The van der Waals surface area contributed by atoms with E-state index in [1.165, 1.54) is 0 Å². The van der Waals surface area contributed by atoms with E-state index in [9.17, 15) is 5.11 Å². The number of aliphatic hydroxyl groups excluding tert-OH is 1. The van der Waals surface area contributed by atoms with E-state index in [2.05, 4.69) is 56.7 Å². The summed E-state index contributed by atoms with van der Waals surface area (Å²) in [5.41, 5.74) is 6.03. The van der Waals surface area contributed by atoms with Crippen molar-refractivity contribution in [3.8, 4) is 28.4 Å². The number of fused-ring (bicyclic) bond motifs is 2. The number of nitrogens with zero attached hydrogens (tertiary/aromatic N) is 3. The highest BCUT2D eigenvalue weighted by atomic mass is 35.5. The largest absolute Gasteiger partial charge is 0.456 e. The zero-order valence-electron chi connectivity index (χ0n) is 20.4. The molecule has 10 heteroatoms. The van der Waals surface area contributed by atoms with Crippen molar-refractivity contribution in [1.29, 1.82) is 0 Å². The first kappa shape index (κ1) is 23.6. The van der Waals surface area contributed by atoms with Crippen molar-refractivity contribution in [2.45, 2.75) is 30.8 Å². The summed E-state index contributed by atoms with van der Waals surface area (Å²) in [6.45, 7) is 2.40. The number of rotatable bonds is 5. The highest BCUT2D eigenvalue weighted by molar-refractivity contribution is 6.33. The molecule has 9 nitrogen and oxygen atoms in total. The molecule has 4 aromatic rings. The van der Waals surface area contributed by atoms with Gasteiger partial charge in [-0.25, -0.2) is 4.98 Å². The van der Waals surface area contributed by atoms with Crippen molar-refractivity contribution in [2.75, 3.05) is 26.3 Å². The zero-order valence-corrected chi connectivity index (χ0v) is 21.2. The Balaban J connectivity index is 1.10. The van der Waals surface area contributed by atoms with Crippen LogP contribution >= 0.6 is 11.6 Å². The molecule has 2 saturated heterocycles. The third-order valence-electron chi connectivity index (χ3n) is 7.20. The predicted octanol–water partition coefficient (Wildman–Crippen LogP) is 3.59. The van der Waals surface area contributed by atoms with Gasteiger partial charge >= 0.3 is 0 Å². The predicted molar refractivity (Wildman–Crippen MR) is 144 cm³/mol. The summed E-state index contributed by atoms with van der Waals surface area (Å²) in [4.78, 5) is 16.9. The Kier molecular flexibility index (Phi) is 6.01. The van der Waals surface area contributed by atoms with Gasteiger partial charge in [0.05, 0.1) is 29.4 Å². The van der Waals surface area contributed by atoms with Gasteiger partial charge in [-0.15, -0.1) is 0 Å². The number of halogens is 1. The molecule has 38 heavy (non-hydrogen) atoms. The van der Waals surface area contributed by atoms with Crippen LogP contribution in [0.5, 0.6) is 6.01 Å². The van der Waals surface area contributed by atoms with Crippen LogP contribution in [0.3, 0.4) is 0 Å². The van der Waals surface area contributed by atoms with Crippen molar-refractivity contribution >= 4 is 28.6 Å². The number of hydrogen-bond donors (Lipinski definition) is 3. The first-order valence-electron chi connectivity index (χ1n) is 12.8. The van der Waals surface area contributed by atoms with Crippen LogP contribution in [-0.2, 0) is 9.47 Å². The monoisotopic (exact) mass is 531 g/mol.